The summed E-state index contributed by atoms with van der Waals surface area (Å²) in [6, 6.07) is 20.2. The molecule has 1 aromatic heterocycles. The number of benzene rings is 4. The lowest BCUT2D eigenvalue weighted by molar-refractivity contribution is -0.166. The number of nitrogens with one attached hydrogen (secondary N) is 4. The zero-order valence-electron chi connectivity index (χ0n) is 37.7. The number of carbonyl (C=O) groups excluding carboxylic acids is 8. The summed E-state index contributed by atoms with van der Waals surface area (Å²) in [7, 11) is 0. The number of thioether (sulfide) groups is 2. The van der Waals surface area contributed by atoms with Gasteiger partial charge >= 0.3 is 11.9 Å². The lowest BCUT2D eigenvalue weighted by Gasteiger charge is -2.26. The molecule has 3 saturated heterocycles. The molecule has 3 aliphatic rings. The fourth-order valence-corrected chi connectivity index (χ4v) is 9.80. The van der Waals surface area contributed by atoms with E-state index in [1.165, 1.54) is 29.6 Å². The molecule has 19 nitrogen and oxygen atoms in total. The summed E-state index contributed by atoms with van der Waals surface area (Å²) in [4.78, 5) is 109. The SMILES string of the molecule is NC(Cc1ccc(Oc2ccc(CC3SC(=O)NC3=O)cc2)cc1)C(=O)NC(Cc1cnc[nH]1)C(=O)OC(=O)C1CCCN1C(=O)C(N)Cc1ccc(Oc2ccc(CC3SC(=O)NC3=O)cc2F)cc1. The first-order chi connectivity index (χ1) is 34.1. The second kappa shape index (κ2) is 22.6. The van der Waals surface area contributed by atoms with E-state index in [9.17, 15) is 42.7 Å². The van der Waals surface area contributed by atoms with E-state index in [1.807, 2.05) is 12.1 Å². The van der Waals surface area contributed by atoms with Crippen molar-refractivity contribution >= 4 is 69.6 Å². The molecule has 368 valence electrons. The maximum Gasteiger partial charge on any atom is 0.336 e. The standard InChI is InChI=1S/C49H47FN8O11S2/c50-34-18-29(22-41-44(61)57-49(66)71-41)9-16-39(34)68-33-14-5-27(6-15-33)20-36(52)45(62)58-17-1-2-38(58)47(64)69-46(63)37(23-30-24-53-25-54-30)55-42(59)35(51)19-26-3-10-31(11-4-26)67-32-12-7-28(8-13-32)21-40-43(60)56-48(65)70-40/h3-16,18,24-25,35-38,40-41H,1-2,17,19-23,51-52H2,(H,53,54)(H,55,59)(H,56,60,65)(H,57,61,66). The van der Waals surface area contributed by atoms with Crippen molar-refractivity contribution in [2.75, 3.05) is 6.54 Å². The number of imide groups is 2. The molecule has 4 heterocycles. The molecule has 3 fully saturated rings. The predicted molar refractivity (Wildman–Crippen MR) is 257 cm³/mol. The predicted octanol–water partition coefficient (Wildman–Crippen LogP) is 4.15. The second-order valence-corrected chi connectivity index (χ2v) is 19.3. The van der Waals surface area contributed by atoms with Crippen LogP contribution < -0.4 is 36.9 Å². The summed E-state index contributed by atoms with van der Waals surface area (Å²) >= 11 is 1.82. The highest BCUT2D eigenvalue weighted by Crippen LogP contribution is 2.30. The number of aromatic amines is 1. The molecule has 8 N–H and O–H groups in total. The van der Waals surface area contributed by atoms with E-state index in [4.69, 9.17) is 25.7 Å². The van der Waals surface area contributed by atoms with Gasteiger partial charge < -0.3 is 40.9 Å². The Hall–Kier alpha value is -7.40. The van der Waals surface area contributed by atoms with Gasteiger partial charge in [-0.1, -0.05) is 66.0 Å². The van der Waals surface area contributed by atoms with Crippen molar-refractivity contribution in [1.82, 2.24) is 30.8 Å². The van der Waals surface area contributed by atoms with E-state index in [0.717, 1.165) is 29.1 Å². The monoisotopic (exact) mass is 1010 g/mol. The number of amides is 6. The summed E-state index contributed by atoms with van der Waals surface area (Å²) in [6.45, 7) is 0.193. The van der Waals surface area contributed by atoms with Crippen LogP contribution in [-0.4, -0.2) is 102 Å². The second-order valence-electron chi connectivity index (χ2n) is 17.0. The number of esters is 2. The fourth-order valence-electron chi connectivity index (χ4n) is 8.08. The first kappa shape index (κ1) is 50.0. The van der Waals surface area contributed by atoms with Crippen molar-refractivity contribution < 1.29 is 57.0 Å². The number of halogens is 1. The van der Waals surface area contributed by atoms with Gasteiger partial charge in [0.15, 0.2) is 11.6 Å². The lowest BCUT2D eigenvalue weighted by atomic mass is 10.0. The molecule has 0 spiro atoms. The zero-order chi connectivity index (χ0) is 50.2. The number of likely N-dealkylation sites (tertiary alicyclic amines) is 1. The van der Waals surface area contributed by atoms with E-state index >= 15 is 0 Å². The average Bonchev–Trinajstić information content (AvgIpc) is 4.17. The van der Waals surface area contributed by atoms with E-state index in [1.54, 1.807) is 66.7 Å². The molecule has 0 radical (unpaired) electrons. The smallest absolute Gasteiger partial charge is 0.336 e. The first-order valence-corrected chi connectivity index (χ1v) is 24.2. The number of hydrogen-bond acceptors (Lipinski definition) is 16. The lowest BCUT2D eigenvalue weighted by Crippen LogP contribution is -2.53. The third kappa shape index (κ3) is 13.1. The van der Waals surface area contributed by atoms with Crippen LogP contribution in [-0.2, 0) is 65.6 Å². The quantitative estimate of drug-likeness (QED) is 0.0501. The molecule has 6 atom stereocenters. The van der Waals surface area contributed by atoms with Crippen LogP contribution in [0.2, 0.25) is 0 Å². The summed E-state index contributed by atoms with van der Waals surface area (Å²) in [6.07, 6.45) is 4.13. The number of nitrogens with two attached hydrogens (primary N) is 2. The van der Waals surface area contributed by atoms with Gasteiger partial charge in [-0.15, -0.1) is 0 Å². The van der Waals surface area contributed by atoms with Gasteiger partial charge in [0.25, 0.3) is 10.5 Å². The average molecular weight is 1010 g/mol. The van der Waals surface area contributed by atoms with Gasteiger partial charge in [0.05, 0.1) is 28.9 Å². The van der Waals surface area contributed by atoms with Crippen LogP contribution in [0.1, 0.15) is 40.8 Å². The summed E-state index contributed by atoms with van der Waals surface area (Å²) in [5, 5.41) is 5.18. The molecule has 6 unspecified atom stereocenters. The van der Waals surface area contributed by atoms with Crippen LogP contribution in [0.3, 0.4) is 0 Å². The summed E-state index contributed by atoms with van der Waals surface area (Å²) in [5.74, 6) is -3.34. The molecule has 4 aromatic carbocycles. The largest absolute Gasteiger partial charge is 0.457 e. The summed E-state index contributed by atoms with van der Waals surface area (Å²) < 4.78 is 31.9. The van der Waals surface area contributed by atoms with Crippen LogP contribution in [0.25, 0.3) is 0 Å². The molecule has 6 amide bonds. The number of rotatable bonds is 19. The fraction of sp³-hybridized carbons (Fsp3) is 0.286. The van der Waals surface area contributed by atoms with Gasteiger partial charge in [0, 0.05) is 24.9 Å². The van der Waals surface area contributed by atoms with Crippen molar-refractivity contribution in [1.29, 1.82) is 0 Å². The molecule has 3 aliphatic heterocycles. The number of carbonyl (C=O) groups is 8. The third-order valence-corrected chi connectivity index (χ3v) is 13.7. The molecule has 0 bridgehead atoms. The van der Waals surface area contributed by atoms with Crippen molar-refractivity contribution in [2.45, 2.75) is 79.6 Å². The Morgan fingerprint density at radius 2 is 1.28 bits per heavy atom. The molecule has 22 heteroatoms. The van der Waals surface area contributed by atoms with E-state index < -0.39 is 75.4 Å². The first-order valence-electron chi connectivity index (χ1n) is 22.4. The number of hydrogen-bond donors (Lipinski definition) is 6. The maximum absolute atomic E-state index is 14.9. The molecular weight excluding hydrogens is 960 g/mol. The Morgan fingerprint density at radius 1 is 0.732 bits per heavy atom. The molecule has 5 aromatic rings. The van der Waals surface area contributed by atoms with E-state index in [2.05, 4.69) is 25.9 Å². The van der Waals surface area contributed by atoms with Crippen molar-refractivity contribution in [3.8, 4) is 23.0 Å². The van der Waals surface area contributed by atoms with Gasteiger partial charge in [-0.2, -0.15) is 0 Å². The van der Waals surface area contributed by atoms with Gasteiger partial charge in [0.2, 0.25) is 23.6 Å². The Balaban J connectivity index is 0.811. The topological polar surface area (TPSA) is 284 Å². The van der Waals surface area contributed by atoms with Crippen molar-refractivity contribution in [2.24, 2.45) is 11.5 Å². The van der Waals surface area contributed by atoms with Crippen molar-refractivity contribution in [3.05, 3.63) is 137 Å². The minimum absolute atomic E-state index is 0.0566. The molecule has 8 rings (SSSR count). The number of ether oxygens (including phenoxy) is 3. The van der Waals surface area contributed by atoms with Crippen LogP contribution in [0.4, 0.5) is 14.0 Å². The highest BCUT2D eigenvalue weighted by Gasteiger charge is 2.40. The van der Waals surface area contributed by atoms with Gasteiger partial charge in [0.1, 0.15) is 29.3 Å². The minimum atomic E-state index is -1.36. The van der Waals surface area contributed by atoms with Crippen LogP contribution in [0, 0.1) is 5.82 Å². The zero-order valence-corrected chi connectivity index (χ0v) is 39.3. The number of H-pyrrole nitrogens is 1. The maximum atomic E-state index is 14.9. The Kier molecular flexibility index (Phi) is 15.9. The van der Waals surface area contributed by atoms with E-state index in [0.29, 0.717) is 52.5 Å². The van der Waals surface area contributed by atoms with Crippen LogP contribution in [0.15, 0.2) is 104 Å². The van der Waals surface area contributed by atoms with Gasteiger partial charge in [-0.3, -0.25) is 39.4 Å². The number of aromatic nitrogens is 2. The Morgan fingerprint density at radius 3 is 1.83 bits per heavy atom. The Labute approximate surface area is 413 Å². The van der Waals surface area contributed by atoms with Crippen molar-refractivity contribution in [3.63, 3.8) is 0 Å². The Bertz CT molecular complexity index is 2820. The highest BCUT2D eigenvalue weighted by molar-refractivity contribution is 8.15. The van der Waals surface area contributed by atoms with Gasteiger partial charge in [-0.25, -0.2) is 19.0 Å². The molecule has 0 saturated carbocycles. The minimum Gasteiger partial charge on any atom is -0.457 e. The summed E-state index contributed by atoms with van der Waals surface area (Å²) in [5.41, 5.74) is 15.9. The molecular formula is C49H47FN8O11S2. The highest BCUT2D eigenvalue weighted by atomic mass is 32.2. The van der Waals surface area contributed by atoms with E-state index in [-0.39, 0.29) is 55.5 Å². The molecule has 71 heavy (non-hydrogen) atoms. The van der Waals surface area contributed by atoms with Gasteiger partial charge in [-0.05, 0) is 109 Å². The molecule has 0 aliphatic carbocycles. The number of imidazole rings is 1. The third-order valence-electron chi connectivity index (χ3n) is 11.8. The number of nitrogens with zero attached hydrogens (tertiary/aromatic N) is 2. The van der Waals surface area contributed by atoms with Crippen LogP contribution >= 0.6 is 23.5 Å². The van der Waals surface area contributed by atoms with Crippen LogP contribution in [0.5, 0.6) is 23.0 Å². The normalized spacial score (nSPS) is 18.9.